The van der Waals surface area contributed by atoms with Gasteiger partial charge in [-0.15, -0.1) is 0 Å². The first-order valence-corrected chi connectivity index (χ1v) is 6.25. The van der Waals surface area contributed by atoms with Gasteiger partial charge < -0.3 is 14.9 Å². The van der Waals surface area contributed by atoms with Crippen LogP contribution in [0, 0.1) is 0 Å². The van der Waals surface area contributed by atoms with Crippen LogP contribution in [-0.4, -0.2) is 34.8 Å². The quantitative estimate of drug-likeness (QED) is 0.492. The maximum absolute atomic E-state index is 10.2. The molecule has 1 aliphatic rings. The fraction of sp³-hybridized carbons (Fsp3) is 0.538. The summed E-state index contributed by atoms with van der Waals surface area (Å²) in [5.74, 6) is 0. The second-order valence-corrected chi connectivity index (χ2v) is 4.78. The van der Waals surface area contributed by atoms with Crippen molar-refractivity contribution < 1.29 is 14.9 Å². The Bertz CT molecular complexity index is 461. The Morgan fingerprint density at radius 3 is 2.74 bits per heavy atom. The Kier molecular flexibility index (Phi) is 4.39. The second-order valence-electron chi connectivity index (χ2n) is 4.78. The number of hydrogen-bond donors (Lipinski definition) is 2. The lowest BCUT2D eigenvalue weighted by Crippen LogP contribution is -2.55. The average Bonchev–Trinajstić information content (AvgIpc) is 2.42. The van der Waals surface area contributed by atoms with E-state index < -0.39 is 18.0 Å². The van der Waals surface area contributed by atoms with Gasteiger partial charge in [0.05, 0.1) is 12.6 Å². The number of rotatable bonds is 4. The normalized spacial score (nSPS) is 30.6. The molecule has 1 saturated heterocycles. The van der Waals surface area contributed by atoms with Crippen molar-refractivity contribution >= 4 is 0 Å². The summed E-state index contributed by atoms with van der Waals surface area (Å²) in [6.45, 7) is -0.00335. The van der Waals surface area contributed by atoms with Gasteiger partial charge in [0, 0.05) is 17.8 Å². The second kappa shape index (κ2) is 6.04. The minimum atomic E-state index is -1.05. The van der Waals surface area contributed by atoms with E-state index in [2.05, 4.69) is 10.0 Å². The predicted molar refractivity (Wildman–Crippen MR) is 69.2 cm³/mol. The van der Waals surface area contributed by atoms with Gasteiger partial charge in [-0.05, 0) is 17.5 Å². The van der Waals surface area contributed by atoms with Gasteiger partial charge in [-0.2, -0.15) is 0 Å². The first-order chi connectivity index (χ1) is 9.16. The summed E-state index contributed by atoms with van der Waals surface area (Å²) in [6.07, 6.45) is -0.490. The largest absolute Gasteiger partial charge is 0.390 e. The molecule has 1 fully saturated rings. The van der Waals surface area contributed by atoms with Crippen LogP contribution in [-0.2, 0) is 11.2 Å². The number of azide groups is 1. The molecule has 1 heterocycles. The van der Waals surface area contributed by atoms with Gasteiger partial charge in [-0.25, -0.2) is 0 Å². The molecule has 1 aromatic rings. The summed E-state index contributed by atoms with van der Waals surface area (Å²) < 4.78 is 5.53. The minimum Gasteiger partial charge on any atom is -0.390 e. The molecule has 1 aromatic carbocycles. The van der Waals surface area contributed by atoms with Gasteiger partial charge in [0.1, 0.15) is 5.60 Å². The van der Waals surface area contributed by atoms with Crippen LogP contribution in [0.2, 0.25) is 0 Å². The van der Waals surface area contributed by atoms with E-state index in [4.69, 9.17) is 10.3 Å². The molecule has 0 aliphatic carbocycles. The SMILES string of the molecule is [N-]=[N+]=NC[C@@]1(Cc2ccccc2)O[C@H](O)CC[C@H]1O. The highest BCUT2D eigenvalue weighted by atomic mass is 16.6. The number of ether oxygens (including phenoxy) is 1. The van der Waals surface area contributed by atoms with Crippen LogP contribution in [0.4, 0.5) is 0 Å². The summed E-state index contributed by atoms with van der Waals surface area (Å²) in [4.78, 5) is 2.73. The molecule has 2 rings (SSSR count). The molecule has 2 N–H and O–H groups in total. The van der Waals surface area contributed by atoms with E-state index in [-0.39, 0.29) is 6.54 Å². The highest BCUT2D eigenvalue weighted by Crippen LogP contribution is 2.32. The lowest BCUT2D eigenvalue weighted by atomic mass is 9.84. The standard InChI is InChI=1S/C13H17N3O3/c14-16-15-9-13(8-10-4-2-1-3-5-10)11(17)6-7-12(18)19-13/h1-5,11-12,17-18H,6-9H2/t11-,12+,13-/m1/s1. The molecule has 19 heavy (non-hydrogen) atoms. The van der Waals surface area contributed by atoms with Gasteiger partial charge in [-0.3, -0.25) is 0 Å². The third-order valence-electron chi connectivity index (χ3n) is 3.41. The van der Waals surface area contributed by atoms with Crippen LogP contribution in [0.3, 0.4) is 0 Å². The van der Waals surface area contributed by atoms with E-state index in [1.807, 2.05) is 30.3 Å². The molecule has 0 amide bonds. The topological polar surface area (TPSA) is 98.5 Å². The monoisotopic (exact) mass is 263 g/mol. The van der Waals surface area contributed by atoms with E-state index in [1.165, 1.54) is 0 Å². The van der Waals surface area contributed by atoms with Gasteiger partial charge in [-0.1, -0.05) is 35.4 Å². The lowest BCUT2D eigenvalue weighted by Gasteiger charge is -2.42. The van der Waals surface area contributed by atoms with Crippen molar-refractivity contribution in [3.63, 3.8) is 0 Å². The summed E-state index contributed by atoms with van der Waals surface area (Å²) in [5, 5.41) is 23.4. The molecule has 0 saturated carbocycles. The third kappa shape index (κ3) is 3.24. The van der Waals surface area contributed by atoms with Crippen molar-refractivity contribution in [1.82, 2.24) is 0 Å². The number of benzene rings is 1. The smallest absolute Gasteiger partial charge is 0.155 e. The van der Waals surface area contributed by atoms with Gasteiger partial charge in [0.2, 0.25) is 0 Å². The van der Waals surface area contributed by atoms with Gasteiger partial charge >= 0.3 is 0 Å². The fourth-order valence-corrected chi connectivity index (χ4v) is 2.42. The lowest BCUT2D eigenvalue weighted by molar-refractivity contribution is -0.247. The molecule has 0 unspecified atom stereocenters. The van der Waals surface area contributed by atoms with Crippen molar-refractivity contribution in [2.24, 2.45) is 5.11 Å². The first kappa shape index (κ1) is 13.8. The minimum absolute atomic E-state index is 0.00335. The van der Waals surface area contributed by atoms with Crippen LogP contribution in [0.1, 0.15) is 18.4 Å². The number of hydrogen-bond acceptors (Lipinski definition) is 4. The Balaban J connectivity index is 2.25. The Morgan fingerprint density at radius 2 is 2.05 bits per heavy atom. The fourth-order valence-electron chi connectivity index (χ4n) is 2.42. The Hall–Kier alpha value is -1.59. The molecule has 6 nitrogen and oxygen atoms in total. The molecule has 3 atom stereocenters. The first-order valence-electron chi connectivity index (χ1n) is 6.25. The highest BCUT2D eigenvalue weighted by molar-refractivity contribution is 5.18. The molecule has 0 bridgehead atoms. The molecule has 0 spiro atoms. The molecule has 0 aromatic heterocycles. The molecule has 1 aliphatic heterocycles. The number of aliphatic hydroxyl groups is 2. The number of nitrogens with zero attached hydrogens (tertiary/aromatic N) is 3. The van der Waals surface area contributed by atoms with Crippen LogP contribution in [0.15, 0.2) is 35.4 Å². The summed E-state index contributed by atoms with van der Waals surface area (Å²) >= 11 is 0. The van der Waals surface area contributed by atoms with Crippen LogP contribution >= 0.6 is 0 Å². The average molecular weight is 263 g/mol. The van der Waals surface area contributed by atoms with Crippen molar-refractivity contribution in [1.29, 1.82) is 0 Å². The zero-order chi connectivity index (χ0) is 13.7. The number of aliphatic hydroxyl groups excluding tert-OH is 2. The van der Waals surface area contributed by atoms with E-state index >= 15 is 0 Å². The van der Waals surface area contributed by atoms with Crippen LogP contribution in [0.25, 0.3) is 10.4 Å². The van der Waals surface area contributed by atoms with Crippen molar-refractivity contribution in [3.8, 4) is 0 Å². The maximum atomic E-state index is 10.2. The van der Waals surface area contributed by atoms with Crippen LogP contribution < -0.4 is 0 Å². The third-order valence-corrected chi connectivity index (χ3v) is 3.41. The predicted octanol–water partition coefficient (Wildman–Crippen LogP) is 1.77. The molecular formula is C13H17N3O3. The summed E-state index contributed by atoms with van der Waals surface area (Å²) in [7, 11) is 0. The highest BCUT2D eigenvalue weighted by Gasteiger charge is 2.43. The zero-order valence-electron chi connectivity index (χ0n) is 10.5. The van der Waals surface area contributed by atoms with E-state index in [0.717, 1.165) is 5.56 Å². The van der Waals surface area contributed by atoms with Crippen molar-refractivity contribution in [2.45, 2.75) is 37.3 Å². The summed E-state index contributed by atoms with van der Waals surface area (Å²) in [5.41, 5.74) is 8.40. The molecular weight excluding hydrogens is 246 g/mol. The molecule has 0 radical (unpaired) electrons. The van der Waals surface area contributed by atoms with Gasteiger partial charge in [0.15, 0.2) is 6.29 Å². The van der Waals surface area contributed by atoms with Crippen molar-refractivity contribution in [3.05, 3.63) is 46.3 Å². The van der Waals surface area contributed by atoms with Crippen LogP contribution in [0.5, 0.6) is 0 Å². The van der Waals surface area contributed by atoms with Gasteiger partial charge in [0.25, 0.3) is 0 Å². The Morgan fingerprint density at radius 1 is 1.32 bits per heavy atom. The zero-order valence-corrected chi connectivity index (χ0v) is 10.5. The maximum Gasteiger partial charge on any atom is 0.155 e. The van der Waals surface area contributed by atoms with E-state index in [0.29, 0.717) is 19.3 Å². The molecule has 6 heteroatoms. The Labute approximate surface area is 111 Å². The van der Waals surface area contributed by atoms with E-state index in [9.17, 15) is 10.2 Å². The van der Waals surface area contributed by atoms with E-state index in [1.54, 1.807) is 0 Å². The van der Waals surface area contributed by atoms with Crippen molar-refractivity contribution in [2.75, 3.05) is 6.54 Å². The molecule has 102 valence electrons. The summed E-state index contributed by atoms with van der Waals surface area (Å²) in [6, 6.07) is 9.50.